The van der Waals surface area contributed by atoms with Crippen LogP contribution in [0.4, 0.5) is 0 Å². The molecule has 1 fully saturated rings. The minimum absolute atomic E-state index is 0.0555. The van der Waals surface area contributed by atoms with Gasteiger partial charge < -0.3 is 15.7 Å². The largest absolute Gasteiger partial charge is 0.393 e. The molecule has 2 heterocycles. The summed E-state index contributed by atoms with van der Waals surface area (Å²) >= 11 is 1.14. The fourth-order valence-electron chi connectivity index (χ4n) is 2.81. The molecule has 1 saturated heterocycles. The normalized spacial score (nSPS) is 20.9. The molecule has 1 aliphatic heterocycles. The Morgan fingerprint density at radius 1 is 1.38 bits per heavy atom. The van der Waals surface area contributed by atoms with Gasteiger partial charge in [-0.2, -0.15) is 0 Å². The Morgan fingerprint density at radius 2 is 2.10 bits per heavy atom. The van der Waals surface area contributed by atoms with E-state index in [0.29, 0.717) is 22.7 Å². The van der Waals surface area contributed by atoms with Gasteiger partial charge in [-0.25, -0.2) is 0 Å². The Morgan fingerprint density at radius 3 is 2.71 bits per heavy atom. The summed E-state index contributed by atoms with van der Waals surface area (Å²) in [6.45, 7) is 2.46. The van der Waals surface area contributed by atoms with Crippen LogP contribution in [0.3, 0.4) is 0 Å². The molecule has 116 valence electrons. The second kappa shape index (κ2) is 7.04. The average molecular weight is 310 g/mol. The standard InChI is InChI=1S/C15H22N2O3S/c1-10(18)9-11-5-3-2-4-8-17(11)15(20)13-7-6-12(21-13)14(16)19/h6-7,10-11,18H,2-5,8-9H2,1H3,(H2,16,19). The fraction of sp³-hybridized carbons (Fsp3) is 0.600. The molecule has 2 rings (SSSR count). The van der Waals surface area contributed by atoms with Gasteiger partial charge in [0, 0.05) is 12.6 Å². The summed E-state index contributed by atoms with van der Waals surface area (Å²) in [7, 11) is 0. The first kappa shape index (κ1) is 16.0. The Labute approximate surface area is 128 Å². The van der Waals surface area contributed by atoms with Crippen LogP contribution < -0.4 is 5.73 Å². The maximum atomic E-state index is 12.7. The molecule has 2 atom stereocenters. The molecule has 0 aromatic carbocycles. The van der Waals surface area contributed by atoms with E-state index < -0.39 is 12.0 Å². The van der Waals surface area contributed by atoms with Crippen LogP contribution in [-0.2, 0) is 0 Å². The zero-order chi connectivity index (χ0) is 15.4. The van der Waals surface area contributed by atoms with Crippen molar-refractivity contribution in [3.8, 4) is 0 Å². The molecular formula is C15H22N2O3S. The van der Waals surface area contributed by atoms with E-state index in [2.05, 4.69) is 0 Å². The fourth-order valence-corrected chi connectivity index (χ4v) is 3.62. The molecule has 0 saturated carbocycles. The van der Waals surface area contributed by atoms with E-state index in [1.807, 2.05) is 4.90 Å². The average Bonchev–Trinajstić information content (AvgIpc) is 2.80. The van der Waals surface area contributed by atoms with Crippen molar-refractivity contribution in [1.82, 2.24) is 4.90 Å². The van der Waals surface area contributed by atoms with Crippen LogP contribution in [0.2, 0.25) is 0 Å². The SMILES string of the molecule is CC(O)CC1CCCCCN1C(=O)c1ccc(C(N)=O)s1. The number of carbonyl (C=O) groups excluding carboxylic acids is 2. The number of aliphatic hydroxyl groups is 1. The Bertz CT molecular complexity index is 513. The molecule has 0 radical (unpaired) electrons. The Hall–Kier alpha value is -1.40. The number of hydrogen-bond donors (Lipinski definition) is 2. The predicted molar refractivity (Wildman–Crippen MR) is 82.4 cm³/mol. The molecule has 6 heteroatoms. The number of primary amides is 1. The number of rotatable bonds is 4. The monoisotopic (exact) mass is 310 g/mol. The van der Waals surface area contributed by atoms with Crippen molar-refractivity contribution in [1.29, 1.82) is 0 Å². The van der Waals surface area contributed by atoms with Crippen LogP contribution in [-0.4, -0.2) is 40.5 Å². The third-order valence-electron chi connectivity index (χ3n) is 3.81. The number of nitrogens with zero attached hydrogens (tertiary/aromatic N) is 1. The highest BCUT2D eigenvalue weighted by Crippen LogP contribution is 2.25. The smallest absolute Gasteiger partial charge is 0.264 e. The second-order valence-corrected chi connectivity index (χ2v) is 6.70. The summed E-state index contributed by atoms with van der Waals surface area (Å²) < 4.78 is 0. The minimum Gasteiger partial charge on any atom is -0.393 e. The number of nitrogens with two attached hydrogens (primary N) is 1. The number of amides is 2. The van der Waals surface area contributed by atoms with Crippen LogP contribution in [0.1, 0.15) is 58.4 Å². The highest BCUT2D eigenvalue weighted by atomic mass is 32.1. The van der Waals surface area contributed by atoms with E-state index >= 15 is 0 Å². The molecule has 0 spiro atoms. The third kappa shape index (κ3) is 4.04. The van der Waals surface area contributed by atoms with E-state index in [1.54, 1.807) is 19.1 Å². The quantitative estimate of drug-likeness (QED) is 0.892. The van der Waals surface area contributed by atoms with Crippen LogP contribution >= 0.6 is 11.3 Å². The molecule has 1 aromatic heterocycles. The first-order chi connectivity index (χ1) is 9.99. The molecule has 1 aromatic rings. The van der Waals surface area contributed by atoms with Gasteiger partial charge in [0.25, 0.3) is 11.8 Å². The minimum atomic E-state index is -0.504. The van der Waals surface area contributed by atoms with Crippen molar-refractivity contribution < 1.29 is 14.7 Å². The topological polar surface area (TPSA) is 83.6 Å². The van der Waals surface area contributed by atoms with Gasteiger partial charge in [0.15, 0.2) is 0 Å². The summed E-state index contributed by atoms with van der Waals surface area (Å²) in [6.07, 6.45) is 4.27. The third-order valence-corrected chi connectivity index (χ3v) is 4.90. The van der Waals surface area contributed by atoms with Crippen molar-refractivity contribution in [2.45, 2.75) is 51.2 Å². The summed E-state index contributed by atoms with van der Waals surface area (Å²) in [5.74, 6) is -0.560. The summed E-state index contributed by atoms with van der Waals surface area (Å²) in [5, 5.41) is 9.65. The zero-order valence-electron chi connectivity index (χ0n) is 12.2. The van der Waals surface area contributed by atoms with E-state index in [4.69, 9.17) is 5.73 Å². The van der Waals surface area contributed by atoms with E-state index in [9.17, 15) is 14.7 Å². The van der Waals surface area contributed by atoms with Crippen LogP contribution in [0, 0.1) is 0 Å². The van der Waals surface area contributed by atoms with Gasteiger partial charge in [0.1, 0.15) is 0 Å². The number of carbonyl (C=O) groups is 2. The van der Waals surface area contributed by atoms with Crippen LogP contribution in [0.5, 0.6) is 0 Å². The van der Waals surface area contributed by atoms with Crippen LogP contribution in [0.15, 0.2) is 12.1 Å². The van der Waals surface area contributed by atoms with Gasteiger partial charge in [-0.1, -0.05) is 12.8 Å². The molecule has 5 nitrogen and oxygen atoms in total. The molecule has 0 aliphatic carbocycles. The lowest BCUT2D eigenvalue weighted by Crippen LogP contribution is -2.41. The van der Waals surface area contributed by atoms with Gasteiger partial charge in [-0.05, 0) is 38.3 Å². The highest BCUT2D eigenvalue weighted by molar-refractivity contribution is 7.15. The van der Waals surface area contributed by atoms with Crippen molar-refractivity contribution in [3.63, 3.8) is 0 Å². The molecule has 0 bridgehead atoms. The lowest BCUT2D eigenvalue weighted by molar-refractivity contribution is 0.0612. The van der Waals surface area contributed by atoms with Gasteiger partial charge in [0.05, 0.1) is 15.9 Å². The van der Waals surface area contributed by atoms with Gasteiger partial charge >= 0.3 is 0 Å². The number of thiophene rings is 1. The maximum Gasteiger partial charge on any atom is 0.264 e. The molecule has 2 unspecified atom stereocenters. The van der Waals surface area contributed by atoms with Gasteiger partial charge in [-0.15, -0.1) is 11.3 Å². The molecule has 3 N–H and O–H groups in total. The Balaban J connectivity index is 2.17. The van der Waals surface area contributed by atoms with Crippen molar-refractivity contribution in [2.24, 2.45) is 5.73 Å². The second-order valence-electron chi connectivity index (χ2n) is 5.61. The van der Waals surface area contributed by atoms with Gasteiger partial charge in [0.2, 0.25) is 0 Å². The van der Waals surface area contributed by atoms with Crippen molar-refractivity contribution in [3.05, 3.63) is 21.9 Å². The summed E-state index contributed by atoms with van der Waals surface area (Å²) in [5.41, 5.74) is 5.24. The first-order valence-corrected chi connectivity index (χ1v) is 8.19. The molecular weight excluding hydrogens is 288 g/mol. The summed E-state index contributed by atoms with van der Waals surface area (Å²) in [6, 6.07) is 3.33. The van der Waals surface area contributed by atoms with Crippen molar-refractivity contribution >= 4 is 23.2 Å². The van der Waals surface area contributed by atoms with Gasteiger partial charge in [-0.3, -0.25) is 9.59 Å². The molecule has 2 amide bonds. The Kier molecular flexibility index (Phi) is 5.36. The zero-order valence-corrected chi connectivity index (χ0v) is 13.1. The molecule has 1 aliphatic rings. The lowest BCUT2D eigenvalue weighted by atomic mass is 10.0. The van der Waals surface area contributed by atoms with E-state index in [1.165, 1.54) is 0 Å². The molecule has 21 heavy (non-hydrogen) atoms. The first-order valence-electron chi connectivity index (χ1n) is 7.37. The van der Waals surface area contributed by atoms with Crippen LogP contribution in [0.25, 0.3) is 0 Å². The highest BCUT2D eigenvalue weighted by Gasteiger charge is 2.28. The predicted octanol–water partition coefficient (Wildman–Crippen LogP) is 2.00. The van der Waals surface area contributed by atoms with E-state index in [0.717, 1.165) is 37.0 Å². The number of aliphatic hydroxyl groups excluding tert-OH is 1. The lowest BCUT2D eigenvalue weighted by Gasteiger charge is -2.30. The van der Waals surface area contributed by atoms with E-state index in [-0.39, 0.29) is 11.9 Å². The van der Waals surface area contributed by atoms with Crippen molar-refractivity contribution in [2.75, 3.05) is 6.54 Å². The number of hydrogen-bond acceptors (Lipinski definition) is 4. The summed E-state index contributed by atoms with van der Waals surface area (Å²) in [4.78, 5) is 26.6. The maximum absolute atomic E-state index is 12.7. The number of likely N-dealkylation sites (tertiary alicyclic amines) is 1.